The molecule has 4 rings (SSSR count). The number of aromatic nitrogens is 2. The van der Waals surface area contributed by atoms with Crippen LogP contribution in [0.2, 0.25) is 10.0 Å². The van der Waals surface area contributed by atoms with Gasteiger partial charge >= 0.3 is 0 Å². The van der Waals surface area contributed by atoms with Gasteiger partial charge in [0.05, 0.1) is 26.5 Å². The van der Waals surface area contributed by atoms with Crippen molar-refractivity contribution < 1.29 is 19.4 Å². The topological polar surface area (TPSA) is 112 Å². The summed E-state index contributed by atoms with van der Waals surface area (Å²) in [7, 11) is 4.71. The molecule has 2 aliphatic rings. The quantitative estimate of drug-likeness (QED) is 0.457. The van der Waals surface area contributed by atoms with Gasteiger partial charge in [-0.1, -0.05) is 42.6 Å². The summed E-state index contributed by atoms with van der Waals surface area (Å²) in [6.45, 7) is 3.78. The monoisotopic (exact) mass is 536 g/mol. The molecule has 0 radical (unpaired) electrons. The maximum Gasteiger partial charge on any atom is 0.243 e. The number of nitrogens with zero attached hydrogens (tertiary/aromatic N) is 4. The second-order valence-corrected chi connectivity index (χ2v) is 9.50. The molecule has 0 spiro atoms. The number of rotatable bonds is 7. The highest BCUT2D eigenvalue weighted by molar-refractivity contribution is 6.41. The number of aliphatic hydroxyl groups excluding tert-OH is 1. The van der Waals surface area contributed by atoms with Crippen LogP contribution < -0.4 is 29.9 Å². The van der Waals surface area contributed by atoms with Crippen LogP contribution >= 0.6 is 23.2 Å². The molecule has 1 aromatic heterocycles. The first kappa shape index (κ1) is 26.1. The zero-order chi connectivity index (χ0) is 26.0. The number of aliphatic hydroxyl groups is 1. The summed E-state index contributed by atoms with van der Waals surface area (Å²) in [6, 6.07) is 1.53. The molecular formula is C24H30Cl2N6O4. The van der Waals surface area contributed by atoms with Crippen molar-refractivity contribution in [1.82, 2.24) is 15.3 Å². The molecule has 1 saturated carbocycles. The lowest BCUT2D eigenvalue weighted by molar-refractivity contribution is -0.117. The highest BCUT2D eigenvalue weighted by atomic mass is 35.5. The van der Waals surface area contributed by atoms with Crippen molar-refractivity contribution in [3.63, 3.8) is 0 Å². The fourth-order valence-corrected chi connectivity index (χ4v) is 5.39. The fraction of sp³-hybridized carbons (Fsp3) is 0.458. The van der Waals surface area contributed by atoms with Crippen LogP contribution in [0.3, 0.4) is 0 Å². The largest absolute Gasteiger partial charge is 0.495 e. The molecule has 10 nitrogen and oxygen atoms in total. The predicted molar refractivity (Wildman–Crippen MR) is 140 cm³/mol. The van der Waals surface area contributed by atoms with E-state index in [9.17, 15) is 9.90 Å². The van der Waals surface area contributed by atoms with Gasteiger partial charge in [0.25, 0.3) is 0 Å². The van der Waals surface area contributed by atoms with E-state index in [0.29, 0.717) is 29.0 Å². The van der Waals surface area contributed by atoms with Gasteiger partial charge < -0.3 is 35.0 Å². The standard InChI is InChI=1S/C24H30Cl2N6O4/c1-5-18(33)28-14-8-6-7-9-15(14)29-23-27-11-13-12-32(24(34)31(2)22(13)30-23)21-19(25)16(35-3)10-17(36-4)20(21)26/h5,10-11,14-15,24,34H,1,6-9,12H2,2-4H3,(H,28,33)(H,27,29,30). The summed E-state index contributed by atoms with van der Waals surface area (Å²) in [5.41, 5.74) is 1.15. The van der Waals surface area contributed by atoms with Crippen LogP contribution in [0.15, 0.2) is 24.9 Å². The van der Waals surface area contributed by atoms with E-state index in [4.69, 9.17) is 32.7 Å². The minimum atomic E-state index is -1.12. The fourth-order valence-electron chi connectivity index (χ4n) is 4.67. The Hall–Kier alpha value is -2.95. The Morgan fingerprint density at radius 1 is 1.19 bits per heavy atom. The lowest BCUT2D eigenvalue weighted by Crippen LogP contribution is -2.51. The molecule has 36 heavy (non-hydrogen) atoms. The highest BCUT2D eigenvalue weighted by Crippen LogP contribution is 2.48. The van der Waals surface area contributed by atoms with Gasteiger partial charge in [-0.05, 0) is 18.9 Å². The van der Waals surface area contributed by atoms with E-state index < -0.39 is 6.35 Å². The maximum atomic E-state index is 11.9. The molecule has 12 heteroatoms. The number of nitrogens with one attached hydrogen (secondary N) is 2. The van der Waals surface area contributed by atoms with E-state index in [-0.39, 0.29) is 34.6 Å². The van der Waals surface area contributed by atoms with Crippen LogP contribution in [-0.4, -0.2) is 60.7 Å². The molecule has 1 aliphatic heterocycles. The predicted octanol–water partition coefficient (Wildman–Crippen LogP) is 3.56. The van der Waals surface area contributed by atoms with Crippen molar-refractivity contribution in [3.8, 4) is 11.5 Å². The molecule has 0 saturated heterocycles. The van der Waals surface area contributed by atoms with Crippen molar-refractivity contribution in [1.29, 1.82) is 0 Å². The van der Waals surface area contributed by atoms with Gasteiger partial charge in [0.2, 0.25) is 18.2 Å². The van der Waals surface area contributed by atoms with Crippen LogP contribution in [0.5, 0.6) is 11.5 Å². The number of hydrogen-bond donors (Lipinski definition) is 3. The Morgan fingerprint density at radius 2 is 1.83 bits per heavy atom. The SMILES string of the molecule is C=CC(=O)NC1CCCCC1Nc1ncc2c(n1)N(C)C(O)N(c1c(Cl)c(OC)cc(OC)c1Cl)C2. The first-order chi connectivity index (χ1) is 17.3. The summed E-state index contributed by atoms with van der Waals surface area (Å²) in [6.07, 6.45) is 5.68. The molecule has 1 aliphatic carbocycles. The van der Waals surface area contributed by atoms with Crippen LogP contribution in [0.4, 0.5) is 17.5 Å². The smallest absolute Gasteiger partial charge is 0.243 e. The molecule has 2 heterocycles. The molecular weight excluding hydrogens is 507 g/mol. The Labute approximate surface area is 220 Å². The molecule has 1 amide bonds. The number of anilines is 3. The van der Waals surface area contributed by atoms with Crippen molar-refractivity contribution in [2.75, 3.05) is 36.4 Å². The van der Waals surface area contributed by atoms with E-state index in [1.807, 2.05) is 0 Å². The number of fused-ring (bicyclic) bond motifs is 1. The van der Waals surface area contributed by atoms with Gasteiger partial charge in [0, 0.05) is 37.0 Å². The first-order valence-electron chi connectivity index (χ1n) is 11.6. The average molecular weight is 537 g/mol. The number of benzene rings is 1. The lowest BCUT2D eigenvalue weighted by Gasteiger charge is -2.42. The van der Waals surface area contributed by atoms with Crippen molar-refractivity contribution in [2.45, 2.75) is 50.7 Å². The normalized spacial score (nSPS) is 21.4. The van der Waals surface area contributed by atoms with E-state index in [2.05, 4.69) is 27.2 Å². The third-order valence-corrected chi connectivity index (χ3v) is 7.30. The van der Waals surface area contributed by atoms with E-state index in [1.54, 1.807) is 29.1 Å². The van der Waals surface area contributed by atoms with Crippen molar-refractivity contribution >= 4 is 46.6 Å². The van der Waals surface area contributed by atoms with Gasteiger partial charge in [0.1, 0.15) is 27.4 Å². The Balaban J connectivity index is 1.62. The number of methoxy groups -OCH3 is 2. The molecule has 194 valence electrons. The second kappa shape index (κ2) is 11.0. The Bertz CT molecular complexity index is 1120. The van der Waals surface area contributed by atoms with Gasteiger partial charge in [-0.15, -0.1) is 0 Å². The summed E-state index contributed by atoms with van der Waals surface area (Å²) in [5.74, 6) is 1.53. The van der Waals surface area contributed by atoms with Crippen LogP contribution in [0, 0.1) is 0 Å². The molecule has 2 aromatic rings. The minimum Gasteiger partial charge on any atom is -0.495 e. The average Bonchev–Trinajstić information content (AvgIpc) is 2.88. The zero-order valence-corrected chi connectivity index (χ0v) is 21.9. The molecule has 3 atom stereocenters. The van der Waals surface area contributed by atoms with Crippen LogP contribution in [0.25, 0.3) is 0 Å². The van der Waals surface area contributed by atoms with Gasteiger partial charge in [-0.3, -0.25) is 4.79 Å². The summed E-state index contributed by atoms with van der Waals surface area (Å²) in [5, 5.41) is 18.1. The maximum absolute atomic E-state index is 11.9. The van der Waals surface area contributed by atoms with E-state index in [0.717, 1.165) is 31.2 Å². The van der Waals surface area contributed by atoms with Crippen molar-refractivity contribution in [2.24, 2.45) is 0 Å². The number of ether oxygens (including phenoxy) is 2. The summed E-state index contributed by atoms with van der Waals surface area (Å²) < 4.78 is 10.8. The second-order valence-electron chi connectivity index (χ2n) is 8.74. The lowest BCUT2D eigenvalue weighted by atomic mass is 9.90. The third kappa shape index (κ3) is 4.98. The van der Waals surface area contributed by atoms with E-state index >= 15 is 0 Å². The molecule has 3 N–H and O–H groups in total. The molecule has 0 bridgehead atoms. The first-order valence-corrected chi connectivity index (χ1v) is 12.4. The number of hydrogen-bond acceptors (Lipinski definition) is 9. The zero-order valence-electron chi connectivity index (χ0n) is 20.4. The van der Waals surface area contributed by atoms with Gasteiger partial charge in [-0.2, -0.15) is 4.98 Å². The number of halogens is 2. The van der Waals surface area contributed by atoms with Gasteiger partial charge in [-0.25, -0.2) is 4.98 Å². The number of carbonyl (C=O) groups excluding carboxylic acids is 1. The Kier molecular flexibility index (Phi) is 7.97. The van der Waals surface area contributed by atoms with Crippen molar-refractivity contribution in [3.05, 3.63) is 40.5 Å². The van der Waals surface area contributed by atoms with Crippen LogP contribution in [0.1, 0.15) is 31.2 Å². The van der Waals surface area contributed by atoms with E-state index in [1.165, 1.54) is 20.3 Å². The highest BCUT2D eigenvalue weighted by Gasteiger charge is 2.35. The number of amides is 1. The Morgan fingerprint density at radius 3 is 2.44 bits per heavy atom. The third-order valence-electron chi connectivity index (χ3n) is 6.57. The van der Waals surface area contributed by atoms with Crippen LogP contribution in [-0.2, 0) is 11.3 Å². The summed E-state index contributed by atoms with van der Waals surface area (Å²) in [4.78, 5) is 24.3. The minimum absolute atomic E-state index is 0.0159. The summed E-state index contributed by atoms with van der Waals surface area (Å²) >= 11 is 13.2. The number of carbonyl (C=O) groups is 1. The molecule has 3 unspecified atom stereocenters. The molecule has 1 aromatic carbocycles. The molecule has 1 fully saturated rings. The van der Waals surface area contributed by atoms with Gasteiger partial charge in [0.15, 0.2) is 0 Å².